The topological polar surface area (TPSA) is 108 Å². The van der Waals surface area contributed by atoms with Gasteiger partial charge in [0, 0.05) is 26.6 Å². The average molecular weight is 734 g/mol. The first kappa shape index (κ1) is 40.9. The van der Waals surface area contributed by atoms with Crippen LogP contribution in [0.25, 0.3) is 0 Å². The van der Waals surface area contributed by atoms with Crippen molar-refractivity contribution in [2.75, 3.05) is 38.3 Å². The molecule has 0 radical (unpaired) electrons. The second-order valence-electron chi connectivity index (χ2n) is 11.2. The lowest BCUT2D eigenvalue weighted by atomic mass is 10.0. The van der Waals surface area contributed by atoms with Crippen molar-refractivity contribution in [1.29, 1.82) is 0 Å². The van der Waals surface area contributed by atoms with Gasteiger partial charge in [0.05, 0.1) is 11.5 Å². The number of halogens is 1. The van der Waals surface area contributed by atoms with Gasteiger partial charge in [-0.1, -0.05) is 115 Å². The Morgan fingerprint density at radius 1 is 0.927 bits per heavy atom. The van der Waals surface area contributed by atoms with Crippen LogP contribution in [0.1, 0.15) is 129 Å². The van der Waals surface area contributed by atoms with Crippen LogP contribution in [0.2, 0.25) is 0 Å². The third-order valence-electron chi connectivity index (χ3n) is 7.30. The van der Waals surface area contributed by atoms with E-state index in [1.807, 2.05) is 0 Å². The summed E-state index contributed by atoms with van der Waals surface area (Å²) in [6.07, 6.45) is 21.4. The molecule has 2 atom stereocenters. The lowest BCUT2D eigenvalue weighted by Gasteiger charge is -2.16. The van der Waals surface area contributed by atoms with Gasteiger partial charge >= 0.3 is 6.09 Å². The van der Waals surface area contributed by atoms with Gasteiger partial charge in [-0.15, -0.1) is 0 Å². The summed E-state index contributed by atoms with van der Waals surface area (Å²) in [5, 5.41) is 3.94. The van der Waals surface area contributed by atoms with Gasteiger partial charge in [-0.05, 0) is 19.8 Å². The molecule has 1 rings (SSSR count). The van der Waals surface area contributed by atoms with Crippen molar-refractivity contribution in [2.45, 2.75) is 142 Å². The standard InChI is InChI=1S/C30H59N3O5S2.HI/c1-4-5-6-7-8-9-10-11-12-13-14-15-16-17-18-19-22-31-30(34)38-25-28(37-3)24-32-40(35,36)23-20-21-29-33-27(2)26-39-29;/h27-28,32H,4-26H2,1-3H3,(H,31,34);1H. The van der Waals surface area contributed by atoms with Crippen LogP contribution in [-0.4, -0.2) is 70.0 Å². The van der Waals surface area contributed by atoms with Gasteiger partial charge in [-0.3, -0.25) is 0 Å². The van der Waals surface area contributed by atoms with Crippen LogP contribution >= 0.6 is 11.8 Å². The van der Waals surface area contributed by atoms with Gasteiger partial charge in [0.1, 0.15) is 12.7 Å². The quantitative estimate of drug-likeness (QED) is 0.0885. The highest BCUT2D eigenvalue weighted by molar-refractivity contribution is 8.13. The number of hydrogen-bond acceptors (Lipinski definition) is 6. The highest BCUT2D eigenvalue weighted by Crippen LogP contribution is 2.14. The SMILES string of the molecule is CCCCCCCCCCCCCCCCCCNC(=O)OCC(CNS(=O)(=O)CCCC1=[NH+]C(C)CS1)OC.[I-]. The Kier molecular flexibility index (Phi) is 27.4. The van der Waals surface area contributed by atoms with E-state index in [0.29, 0.717) is 19.0 Å². The maximum atomic E-state index is 12.3. The maximum absolute atomic E-state index is 12.3. The van der Waals surface area contributed by atoms with Crippen molar-refractivity contribution >= 4 is 32.9 Å². The lowest BCUT2D eigenvalue weighted by molar-refractivity contribution is -0.486. The Bertz CT molecular complexity index is 771. The van der Waals surface area contributed by atoms with E-state index in [9.17, 15) is 13.2 Å². The number of carbonyl (C=O) groups is 1. The molecule has 0 aliphatic carbocycles. The van der Waals surface area contributed by atoms with Crippen LogP contribution in [-0.2, 0) is 19.5 Å². The molecule has 1 heterocycles. The van der Waals surface area contributed by atoms with E-state index in [4.69, 9.17) is 9.47 Å². The fourth-order valence-electron chi connectivity index (χ4n) is 4.74. The predicted molar refractivity (Wildman–Crippen MR) is 169 cm³/mol. The molecule has 0 saturated heterocycles. The molecule has 0 bridgehead atoms. The molecular weight excluding hydrogens is 673 g/mol. The molecule has 1 aliphatic rings. The van der Waals surface area contributed by atoms with Crippen molar-refractivity contribution in [1.82, 2.24) is 10.0 Å². The molecule has 0 aromatic rings. The van der Waals surface area contributed by atoms with E-state index in [-0.39, 0.29) is 42.9 Å². The number of methoxy groups -OCH3 is 1. The molecule has 0 saturated carbocycles. The third-order valence-corrected chi connectivity index (χ3v) is 10.1. The number of alkyl carbamates (subject to hydrolysis) is 1. The van der Waals surface area contributed by atoms with Crippen LogP contribution in [0.15, 0.2) is 0 Å². The predicted octanol–water partition coefficient (Wildman–Crippen LogP) is 2.31. The van der Waals surface area contributed by atoms with Crippen LogP contribution in [0.4, 0.5) is 4.79 Å². The number of sulfonamides is 1. The Labute approximate surface area is 273 Å². The highest BCUT2D eigenvalue weighted by atomic mass is 127. The molecule has 8 nitrogen and oxygen atoms in total. The summed E-state index contributed by atoms with van der Waals surface area (Å²) >= 11 is 1.76. The summed E-state index contributed by atoms with van der Waals surface area (Å²) < 4.78 is 37.7. The molecule has 0 aromatic carbocycles. The minimum atomic E-state index is -3.41. The van der Waals surface area contributed by atoms with Crippen molar-refractivity contribution in [3.05, 3.63) is 0 Å². The van der Waals surface area contributed by atoms with Crippen LogP contribution in [0, 0.1) is 0 Å². The van der Waals surface area contributed by atoms with Gasteiger partial charge in [-0.25, -0.2) is 22.9 Å². The normalized spacial score (nSPS) is 15.8. The summed E-state index contributed by atoms with van der Waals surface area (Å²) in [6, 6.07) is 0.448. The highest BCUT2D eigenvalue weighted by Gasteiger charge is 2.22. The largest absolute Gasteiger partial charge is 1.00 e. The fraction of sp³-hybridized carbons (Fsp3) is 0.933. The number of carbonyl (C=O) groups excluding carboxylic acids is 1. The summed E-state index contributed by atoms with van der Waals surface area (Å²) in [4.78, 5) is 15.3. The number of ether oxygens (including phenoxy) is 2. The Balaban J connectivity index is 0.0000160. The monoisotopic (exact) mass is 733 g/mol. The maximum Gasteiger partial charge on any atom is 0.407 e. The van der Waals surface area contributed by atoms with Gasteiger partial charge in [-0.2, -0.15) is 0 Å². The van der Waals surface area contributed by atoms with Gasteiger partial charge in [0.15, 0.2) is 6.04 Å². The molecule has 3 N–H and O–H groups in total. The summed E-state index contributed by atoms with van der Waals surface area (Å²) in [7, 11) is -1.92. The zero-order chi connectivity index (χ0) is 29.3. The molecule has 0 fully saturated rings. The molecule has 244 valence electrons. The molecule has 0 spiro atoms. The smallest absolute Gasteiger partial charge is 0.407 e. The second-order valence-corrected chi connectivity index (χ2v) is 14.3. The molecule has 11 heteroatoms. The Morgan fingerprint density at radius 3 is 1.95 bits per heavy atom. The van der Waals surface area contributed by atoms with E-state index in [1.54, 1.807) is 11.8 Å². The summed E-state index contributed by atoms with van der Waals surface area (Å²) in [6.45, 7) is 5.05. The lowest BCUT2D eigenvalue weighted by Crippen LogP contribution is -3.00. The van der Waals surface area contributed by atoms with E-state index in [2.05, 4.69) is 28.9 Å². The second kappa shape index (κ2) is 27.4. The Hall–Kier alpha value is -0.110. The number of rotatable bonds is 27. The molecule has 1 amide bonds. The van der Waals surface area contributed by atoms with E-state index >= 15 is 0 Å². The summed E-state index contributed by atoms with van der Waals surface area (Å²) in [5.41, 5.74) is 0. The van der Waals surface area contributed by atoms with E-state index in [0.717, 1.165) is 30.1 Å². The molecule has 2 unspecified atom stereocenters. The third kappa shape index (κ3) is 25.0. The van der Waals surface area contributed by atoms with Crippen molar-refractivity contribution < 1.29 is 51.7 Å². The first-order valence-corrected chi connectivity index (χ1v) is 18.7. The number of hydrogen-bond donors (Lipinski definition) is 3. The minimum Gasteiger partial charge on any atom is -1.00 e. The van der Waals surface area contributed by atoms with E-state index in [1.165, 1.54) is 97.0 Å². The first-order valence-electron chi connectivity index (χ1n) is 16.0. The molecule has 1 aliphatic heterocycles. The minimum absolute atomic E-state index is 0. The van der Waals surface area contributed by atoms with Crippen LogP contribution < -0.4 is 39.0 Å². The van der Waals surface area contributed by atoms with Crippen molar-refractivity contribution in [2.24, 2.45) is 0 Å². The molecule has 41 heavy (non-hydrogen) atoms. The van der Waals surface area contributed by atoms with Crippen molar-refractivity contribution in [3.8, 4) is 0 Å². The molecule has 0 aromatic heterocycles. The van der Waals surface area contributed by atoms with Crippen molar-refractivity contribution in [3.63, 3.8) is 0 Å². The number of amides is 1. The first-order chi connectivity index (χ1) is 19.4. The molecular formula is C30H60IN3O5S2. The summed E-state index contributed by atoms with van der Waals surface area (Å²) in [5.74, 6) is 1.09. The van der Waals surface area contributed by atoms with Crippen LogP contribution in [0.3, 0.4) is 0 Å². The van der Waals surface area contributed by atoms with Gasteiger partial charge in [0.25, 0.3) is 0 Å². The van der Waals surface area contributed by atoms with Gasteiger partial charge < -0.3 is 38.8 Å². The van der Waals surface area contributed by atoms with Gasteiger partial charge in [0.2, 0.25) is 15.1 Å². The number of nitrogens with one attached hydrogen (secondary N) is 3. The Morgan fingerprint density at radius 2 is 1.46 bits per heavy atom. The van der Waals surface area contributed by atoms with E-state index < -0.39 is 22.2 Å². The number of thioether (sulfide) groups is 1. The average Bonchev–Trinajstić information content (AvgIpc) is 3.35. The zero-order valence-electron chi connectivity index (χ0n) is 26.2. The van der Waals surface area contributed by atoms with Crippen LogP contribution in [0.5, 0.6) is 0 Å². The zero-order valence-corrected chi connectivity index (χ0v) is 29.9. The fourth-order valence-corrected chi connectivity index (χ4v) is 6.95. The number of unbranched alkanes of at least 4 members (excludes halogenated alkanes) is 15.